The van der Waals surface area contributed by atoms with Gasteiger partial charge in [0, 0.05) is 34.7 Å². The highest BCUT2D eigenvalue weighted by atomic mass is 35.5. The summed E-state index contributed by atoms with van der Waals surface area (Å²) in [6.45, 7) is 5.54. The Bertz CT molecular complexity index is 556. The summed E-state index contributed by atoms with van der Waals surface area (Å²) in [7, 11) is 0. The molecule has 2 N–H and O–H groups in total. The van der Waals surface area contributed by atoms with E-state index in [-0.39, 0.29) is 0 Å². The minimum absolute atomic E-state index is 0.482. The average Bonchev–Trinajstić information content (AvgIpc) is 2.71. The van der Waals surface area contributed by atoms with Gasteiger partial charge in [0.05, 0.1) is 0 Å². The van der Waals surface area contributed by atoms with Gasteiger partial charge in [0.25, 0.3) is 0 Å². The van der Waals surface area contributed by atoms with E-state index in [0.717, 1.165) is 17.1 Å². The van der Waals surface area contributed by atoms with E-state index in [1.165, 1.54) is 17.4 Å². The van der Waals surface area contributed by atoms with Crippen LogP contribution >= 0.6 is 11.6 Å². The van der Waals surface area contributed by atoms with Gasteiger partial charge in [0.2, 0.25) is 0 Å². The molecule has 1 unspecified atom stereocenters. The molecule has 3 heteroatoms. The van der Waals surface area contributed by atoms with Gasteiger partial charge in [-0.2, -0.15) is 0 Å². The lowest BCUT2D eigenvalue weighted by atomic mass is 10.1. The lowest BCUT2D eigenvalue weighted by molar-refractivity contribution is 0.543. The van der Waals surface area contributed by atoms with Gasteiger partial charge in [-0.1, -0.05) is 31.5 Å². The van der Waals surface area contributed by atoms with Crippen molar-refractivity contribution in [1.29, 1.82) is 0 Å². The fourth-order valence-corrected chi connectivity index (χ4v) is 2.53. The number of benzene rings is 1. The molecule has 0 amide bonds. The van der Waals surface area contributed by atoms with Crippen LogP contribution in [0.4, 0.5) is 0 Å². The number of nitrogens with one attached hydrogen (secondary N) is 2. The molecular formula is C14H17ClN2. The predicted molar refractivity (Wildman–Crippen MR) is 72.3 cm³/mol. The molecule has 1 aromatic heterocycles. The summed E-state index contributed by atoms with van der Waals surface area (Å²) in [5.74, 6) is 0. The van der Waals surface area contributed by atoms with Crippen LogP contribution in [0.1, 0.15) is 25.8 Å². The van der Waals surface area contributed by atoms with Crippen molar-refractivity contribution in [3.8, 4) is 0 Å². The normalized spacial score (nSPS) is 21.9. The van der Waals surface area contributed by atoms with Crippen molar-refractivity contribution in [2.75, 3.05) is 0 Å². The van der Waals surface area contributed by atoms with Crippen LogP contribution in [0.25, 0.3) is 10.9 Å². The monoisotopic (exact) mass is 248 g/mol. The summed E-state index contributed by atoms with van der Waals surface area (Å²) < 4.78 is 0. The summed E-state index contributed by atoms with van der Waals surface area (Å²) in [5.41, 5.74) is 2.92. The number of H-pyrrole nitrogens is 1. The largest absolute Gasteiger partial charge is 0.361 e. The van der Waals surface area contributed by atoms with E-state index in [4.69, 9.17) is 11.6 Å². The Hall–Kier alpha value is -0.990. The van der Waals surface area contributed by atoms with E-state index in [1.807, 2.05) is 12.1 Å². The minimum atomic E-state index is 0.482. The molecule has 2 nitrogen and oxygen atoms in total. The third kappa shape index (κ3) is 2.07. The summed E-state index contributed by atoms with van der Waals surface area (Å²) in [4.78, 5) is 3.27. The van der Waals surface area contributed by atoms with Gasteiger partial charge in [-0.15, -0.1) is 0 Å². The fraction of sp³-hybridized carbons (Fsp3) is 0.429. The first kappa shape index (κ1) is 11.1. The van der Waals surface area contributed by atoms with Gasteiger partial charge in [-0.05, 0) is 29.5 Å². The first-order valence-electron chi connectivity index (χ1n) is 6.05. The third-order valence-electron chi connectivity index (χ3n) is 3.78. The van der Waals surface area contributed by atoms with Crippen molar-refractivity contribution in [3.05, 3.63) is 35.0 Å². The average molecular weight is 249 g/mol. The van der Waals surface area contributed by atoms with Gasteiger partial charge in [0.1, 0.15) is 0 Å². The highest BCUT2D eigenvalue weighted by Crippen LogP contribution is 2.44. The predicted octanol–water partition coefficient (Wildman–Crippen LogP) is 3.71. The molecule has 1 aliphatic rings. The fourth-order valence-electron chi connectivity index (χ4n) is 2.35. The zero-order valence-corrected chi connectivity index (χ0v) is 10.9. The Morgan fingerprint density at radius 1 is 1.47 bits per heavy atom. The maximum absolute atomic E-state index is 5.97. The number of hydrogen-bond acceptors (Lipinski definition) is 1. The molecule has 1 fully saturated rings. The maximum atomic E-state index is 5.97. The number of fused-ring (bicyclic) bond motifs is 1. The Labute approximate surface area is 106 Å². The van der Waals surface area contributed by atoms with Crippen molar-refractivity contribution in [2.45, 2.75) is 32.9 Å². The van der Waals surface area contributed by atoms with Crippen LogP contribution in [-0.4, -0.2) is 11.0 Å². The second-order valence-corrected chi connectivity index (χ2v) is 6.07. The van der Waals surface area contributed by atoms with E-state index in [9.17, 15) is 0 Å². The molecular weight excluding hydrogens is 232 g/mol. The van der Waals surface area contributed by atoms with Crippen molar-refractivity contribution in [2.24, 2.45) is 5.41 Å². The van der Waals surface area contributed by atoms with Crippen LogP contribution in [0.3, 0.4) is 0 Å². The van der Waals surface area contributed by atoms with Crippen LogP contribution in [-0.2, 0) is 6.54 Å². The SMILES string of the molecule is CC1(C)CC1NCc1c[nH]c2cc(Cl)ccc12. The van der Waals surface area contributed by atoms with Crippen LogP contribution in [0, 0.1) is 5.41 Å². The first-order valence-corrected chi connectivity index (χ1v) is 6.43. The molecule has 0 radical (unpaired) electrons. The molecule has 1 saturated carbocycles. The first-order chi connectivity index (χ1) is 8.06. The van der Waals surface area contributed by atoms with Gasteiger partial charge in [0.15, 0.2) is 0 Å². The van der Waals surface area contributed by atoms with Gasteiger partial charge in [-0.3, -0.25) is 0 Å². The maximum Gasteiger partial charge on any atom is 0.0472 e. The van der Waals surface area contributed by atoms with Crippen LogP contribution in [0.2, 0.25) is 5.02 Å². The van der Waals surface area contributed by atoms with Crippen LogP contribution in [0.15, 0.2) is 24.4 Å². The molecule has 0 saturated heterocycles. The van der Waals surface area contributed by atoms with Crippen molar-refractivity contribution in [1.82, 2.24) is 10.3 Å². The number of rotatable bonds is 3. The standard InChI is InChI=1S/C14H17ClN2/c1-14(2)6-13(14)17-8-9-7-16-12-5-10(15)3-4-11(9)12/h3-5,7,13,16-17H,6,8H2,1-2H3. The van der Waals surface area contributed by atoms with Gasteiger partial charge < -0.3 is 10.3 Å². The lowest BCUT2D eigenvalue weighted by Crippen LogP contribution is -2.19. The Morgan fingerprint density at radius 3 is 2.94 bits per heavy atom. The lowest BCUT2D eigenvalue weighted by Gasteiger charge is -2.05. The highest BCUT2D eigenvalue weighted by molar-refractivity contribution is 6.31. The van der Waals surface area contributed by atoms with E-state index >= 15 is 0 Å². The quantitative estimate of drug-likeness (QED) is 0.852. The van der Waals surface area contributed by atoms with E-state index < -0.39 is 0 Å². The molecule has 1 aromatic carbocycles. The summed E-state index contributed by atoms with van der Waals surface area (Å²) >= 11 is 5.97. The molecule has 0 aliphatic heterocycles. The van der Waals surface area contributed by atoms with E-state index in [2.05, 4.69) is 36.4 Å². The second-order valence-electron chi connectivity index (χ2n) is 5.63. The Kier molecular flexibility index (Phi) is 2.46. The zero-order chi connectivity index (χ0) is 12.0. The van der Waals surface area contributed by atoms with Crippen LogP contribution < -0.4 is 5.32 Å². The third-order valence-corrected chi connectivity index (χ3v) is 4.02. The van der Waals surface area contributed by atoms with E-state index in [1.54, 1.807) is 0 Å². The zero-order valence-electron chi connectivity index (χ0n) is 10.2. The summed E-state index contributed by atoms with van der Waals surface area (Å²) in [5, 5.41) is 5.65. The Morgan fingerprint density at radius 2 is 2.24 bits per heavy atom. The number of hydrogen-bond donors (Lipinski definition) is 2. The second kappa shape index (κ2) is 3.76. The molecule has 17 heavy (non-hydrogen) atoms. The molecule has 1 heterocycles. The van der Waals surface area contributed by atoms with E-state index in [0.29, 0.717) is 11.5 Å². The molecule has 2 aromatic rings. The molecule has 1 aliphatic carbocycles. The number of aromatic amines is 1. The molecule has 3 rings (SSSR count). The highest BCUT2D eigenvalue weighted by Gasteiger charge is 2.44. The summed E-state index contributed by atoms with van der Waals surface area (Å²) in [6.07, 6.45) is 3.35. The van der Waals surface area contributed by atoms with Crippen molar-refractivity contribution >= 4 is 22.5 Å². The topological polar surface area (TPSA) is 27.8 Å². The molecule has 0 spiro atoms. The van der Waals surface area contributed by atoms with Crippen molar-refractivity contribution in [3.63, 3.8) is 0 Å². The van der Waals surface area contributed by atoms with Crippen LogP contribution in [0.5, 0.6) is 0 Å². The molecule has 0 bridgehead atoms. The van der Waals surface area contributed by atoms with Gasteiger partial charge in [-0.25, -0.2) is 0 Å². The Balaban J connectivity index is 1.77. The summed E-state index contributed by atoms with van der Waals surface area (Å²) in [6, 6.07) is 6.67. The van der Waals surface area contributed by atoms with Crippen molar-refractivity contribution < 1.29 is 0 Å². The van der Waals surface area contributed by atoms with Gasteiger partial charge >= 0.3 is 0 Å². The smallest absolute Gasteiger partial charge is 0.0472 e. The minimum Gasteiger partial charge on any atom is -0.361 e. The molecule has 1 atom stereocenters. The molecule has 90 valence electrons. The number of halogens is 1. The number of aromatic nitrogens is 1.